The van der Waals surface area contributed by atoms with Gasteiger partial charge >= 0.3 is 0 Å². The smallest absolute Gasteiger partial charge is 0.138 e. The second-order valence-electron chi connectivity index (χ2n) is 14.7. The van der Waals surface area contributed by atoms with Crippen molar-refractivity contribution in [3.05, 3.63) is 11.6 Å². The zero-order chi connectivity index (χ0) is 23.8. The lowest BCUT2D eigenvalue weighted by Gasteiger charge is -2.63. The Bertz CT molecular complexity index is 916. The van der Waals surface area contributed by atoms with Gasteiger partial charge in [-0.25, -0.2) is 0 Å². The summed E-state index contributed by atoms with van der Waals surface area (Å²) < 4.78 is 12.2. The van der Waals surface area contributed by atoms with Gasteiger partial charge in [0.1, 0.15) is 18.0 Å². The molecule has 0 N–H and O–H groups in total. The summed E-state index contributed by atoms with van der Waals surface area (Å²) in [4.78, 5) is 12.8. The van der Waals surface area contributed by atoms with Crippen molar-refractivity contribution in [3.63, 3.8) is 0 Å². The van der Waals surface area contributed by atoms with Crippen LogP contribution in [0.5, 0.6) is 0 Å². The first kappa shape index (κ1) is 22.8. The molecule has 6 rings (SSSR count). The molecule has 0 amide bonds. The molecule has 184 valence electrons. The summed E-state index contributed by atoms with van der Waals surface area (Å²) in [5, 5.41) is 0. The first-order valence-electron chi connectivity index (χ1n) is 13.8. The summed E-state index contributed by atoms with van der Waals surface area (Å²) in [5.74, 6) is 2.95. The maximum atomic E-state index is 12.8. The number of carbonyl (C=O) groups is 1. The van der Waals surface area contributed by atoms with Crippen LogP contribution >= 0.6 is 0 Å². The summed E-state index contributed by atoms with van der Waals surface area (Å²) in [7, 11) is 0. The monoisotopic (exact) mass is 454 g/mol. The topological polar surface area (TPSA) is 42.1 Å². The zero-order valence-corrected chi connectivity index (χ0v) is 22.3. The SMILES string of the molecule is CC([C@@H]1O[C@@H]1[C@@H]1OC1(C)C)[C@@H]1CC[C@]2(C)C3=CC[C@H]4C(C)(C)C(=O)CC[C@]4(C)[C@H]3CC[C@@]12C. The Morgan fingerprint density at radius 1 is 1.00 bits per heavy atom. The van der Waals surface area contributed by atoms with Gasteiger partial charge in [-0.3, -0.25) is 4.79 Å². The first-order chi connectivity index (χ1) is 15.3. The molecule has 0 radical (unpaired) electrons. The van der Waals surface area contributed by atoms with E-state index < -0.39 is 0 Å². The van der Waals surface area contributed by atoms with Gasteiger partial charge in [0.2, 0.25) is 0 Å². The van der Waals surface area contributed by atoms with E-state index in [1.807, 2.05) is 0 Å². The van der Waals surface area contributed by atoms with Crippen molar-refractivity contribution in [2.45, 2.75) is 124 Å². The van der Waals surface area contributed by atoms with Gasteiger partial charge in [0.25, 0.3) is 0 Å². The minimum atomic E-state index is -0.180. The van der Waals surface area contributed by atoms with Gasteiger partial charge in [-0.05, 0) is 92.3 Å². The summed E-state index contributed by atoms with van der Waals surface area (Å²) in [6.45, 7) is 19.1. The van der Waals surface area contributed by atoms with Crippen molar-refractivity contribution < 1.29 is 14.3 Å². The van der Waals surface area contributed by atoms with Gasteiger partial charge in [0.15, 0.2) is 0 Å². The average molecular weight is 455 g/mol. The molecular formula is C30H46O3. The van der Waals surface area contributed by atoms with E-state index >= 15 is 0 Å². The van der Waals surface area contributed by atoms with Crippen molar-refractivity contribution in [1.29, 1.82) is 0 Å². The molecule has 2 heterocycles. The van der Waals surface area contributed by atoms with Crippen LogP contribution < -0.4 is 0 Å². The van der Waals surface area contributed by atoms with Crippen LogP contribution in [0.1, 0.15) is 100 Å². The molecule has 10 atom stereocenters. The van der Waals surface area contributed by atoms with Crippen LogP contribution in [0.15, 0.2) is 11.6 Å². The number of epoxide rings is 2. The minimum absolute atomic E-state index is 0.0132. The average Bonchev–Trinajstić information content (AvgIpc) is 3.62. The van der Waals surface area contributed by atoms with E-state index in [1.165, 1.54) is 25.7 Å². The van der Waals surface area contributed by atoms with Crippen LogP contribution in [0.2, 0.25) is 0 Å². The van der Waals surface area contributed by atoms with Crippen molar-refractivity contribution in [3.8, 4) is 0 Å². The second-order valence-corrected chi connectivity index (χ2v) is 14.7. The molecule has 0 aromatic carbocycles. The molecule has 2 saturated heterocycles. The zero-order valence-electron chi connectivity index (χ0n) is 22.3. The predicted octanol–water partition coefficient (Wildman–Crippen LogP) is 6.74. The van der Waals surface area contributed by atoms with E-state index in [1.54, 1.807) is 5.57 Å². The molecule has 3 heteroatoms. The molecule has 0 aromatic heterocycles. The molecule has 2 aliphatic heterocycles. The van der Waals surface area contributed by atoms with Crippen LogP contribution in [-0.2, 0) is 14.3 Å². The van der Waals surface area contributed by atoms with E-state index in [4.69, 9.17) is 9.47 Å². The predicted molar refractivity (Wildman–Crippen MR) is 131 cm³/mol. The summed E-state index contributed by atoms with van der Waals surface area (Å²) >= 11 is 0. The number of ether oxygens (including phenoxy) is 2. The molecule has 33 heavy (non-hydrogen) atoms. The van der Waals surface area contributed by atoms with E-state index in [0.29, 0.717) is 47.3 Å². The lowest BCUT2D eigenvalue weighted by Crippen LogP contribution is -2.57. The Morgan fingerprint density at radius 3 is 2.36 bits per heavy atom. The molecule has 0 bridgehead atoms. The Hall–Kier alpha value is -0.670. The van der Waals surface area contributed by atoms with Gasteiger partial charge in [-0.2, -0.15) is 0 Å². The van der Waals surface area contributed by atoms with Crippen LogP contribution in [0.25, 0.3) is 0 Å². The van der Waals surface area contributed by atoms with Gasteiger partial charge in [-0.15, -0.1) is 0 Å². The Labute approximate surface area is 201 Å². The molecule has 1 unspecified atom stereocenters. The fourth-order valence-electron chi connectivity index (χ4n) is 10.2. The first-order valence-corrected chi connectivity index (χ1v) is 13.8. The van der Waals surface area contributed by atoms with Crippen molar-refractivity contribution in [2.24, 2.45) is 45.3 Å². The van der Waals surface area contributed by atoms with Crippen molar-refractivity contribution in [2.75, 3.05) is 0 Å². The molecule has 3 saturated carbocycles. The van der Waals surface area contributed by atoms with Crippen LogP contribution in [0.3, 0.4) is 0 Å². The fourth-order valence-corrected chi connectivity index (χ4v) is 10.2. The summed E-state index contributed by atoms with van der Waals surface area (Å²) in [6.07, 6.45) is 11.8. The highest BCUT2D eigenvalue weighted by atomic mass is 16.7. The van der Waals surface area contributed by atoms with Crippen molar-refractivity contribution >= 4 is 5.78 Å². The van der Waals surface area contributed by atoms with Crippen LogP contribution in [0, 0.1) is 45.3 Å². The quantitative estimate of drug-likeness (QED) is 0.350. The molecule has 0 aromatic rings. The standard InChI is InChI=1S/C30H46O3/c1-17(23-24(32-23)25-27(4,5)33-25)18-11-15-30(8)20-9-10-21-26(2,3)22(31)13-14-28(21,6)19(20)12-16-29(18,30)7/h9,17-19,21,23-25H,10-16H2,1-8H3/t17?,18-,19-,21-,23-,24-,25-,28+,29-,30+/m0/s1. The number of Topliss-reactive ketones (excluding diaryl/α,β-unsaturated/α-hetero) is 1. The van der Waals surface area contributed by atoms with Crippen LogP contribution in [-0.4, -0.2) is 29.7 Å². The Balaban J connectivity index is 1.28. The Kier molecular flexibility index (Phi) is 4.52. The molecule has 4 aliphatic carbocycles. The second kappa shape index (κ2) is 6.55. The highest BCUT2D eigenvalue weighted by molar-refractivity contribution is 5.85. The highest BCUT2D eigenvalue weighted by Crippen LogP contribution is 2.73. The van der Waals surface area contributed by atoms with Gasteiger partial charge in [-0.1, -0.05) is 53.2 Å². The largest absolute Gasteiger partial charge is 0.366 e. The number of ketones is 1. The number of carbonyl (C=O) groups excluding carboxylic acids is 1. The van der Waals surface area contributed by atoms with Gasteiger partial charge < -0.3 is 9.47 Å². The molecular weight excluding hydrogens is 408 g/mol. The molecule has 6 aliphatic rings. The van der Waals surface area contributed by atoms with Crippen molar-refractivity contribution in [1.82, 2.24) is 0 Å². The number of hydrogen-bond donors (Lipinski definition) is 0. The normalized spacial score (nSPS) is 54.5. The van der Waals surface area contributed by atoms with Gasteiger partial charge in [0, 0.05) is 11.8 Å². The molecule has 5 fully saturated rings. The van der Waals surface area contributed by atoms with Crippen LogP contribution in [0.4, 0.5) is 0 Å². The fraction of sp³-hybridized carbons (Fsp3) is 0.900. The number of hydrogen-bond acceptors (Lipinski definition) is 3. The highest BCUT2D eigenvalue weighted by Gasteiger charge is 2.69. The summed E-state index contributed by atoms with van der Waals surface area (Å²) in [5.41, 5.74) is 2.51. The maximum absolute atomic E-state index is 12.8. The molecule has 3 nitrogen and oxygen atoms in total. The van der Waals surface area contributed by atoms with Gasteiger partial charge in [0.05, 0.1) is 11.7 Å². The minimum Gasteiger partial charge on any atom is -0.366 e. The van der Waals surface area contributed by atoms with E-state index in [-0.39, 0.29) is 21.8 Å². The lowest BCUT2D eigenvalue weighted by molar-refractivity contribution is -0.146. The maximum Gasteiger partial charge on any atom is 0.138 e. The number of rotatable bonds is 3. The lowest BCUT2D eigenvalue weighted by atomic mass is 9.41. The number of allylic oxidation sites excluding steroid dienone is 2. The van der Waals surface area contributed by atoms with E-state index in [2.05, 4.69) is 61.5 Å². The Morgan fingerprint density at radius 2 is 1.70 bits per heavy atom. The summed E-state index contributed by atoms with van der Waals surface area (Å²) in [6, 6.07) is 0. The van der Waals surface area contributed by atoms with E-state index in [9.17, 15) is 4.79 Å². The third-order valence-corrected chi connectivity index (χ3v) is 12.7. The van der Waals surface area contributed by atoms with E-state index in [0.717, 1.165) is 25.2 Å². The third kappa shape index (κ3) is 2.79. The third-order valence-electron chi connectivity index (χ3n) is 12.7. The number of fused-ring (bicyclic) bond motifs is 5. The molecule has 0 spiro atoms.